The van der Waals surface area contributed by atoms with Crippen molar-refractivity contribution in [3.63, 3.8) is 0 Å². The third kappa shape index (κ3) is 4.82. The largest absolute Gasteiger partial charge is 0.456 e. The summed E-state index contributed by atoms with van der Waals surface area (Å²) in [7, 11) is 1.51. The average Bonchev–Trinajstić information content (AvgIpc) is 2.91. The van der Waals surface area contributed by atoms with Gasteiger partial charge in [0.15, 0.2) is 6.61 Å². The number of thiazole rings is 1. The average molecular weight is 306 g/mol. The van der Waals surface area contributed by atoms with Gasteiger partial charge in [0.25, 0.3) is 5.91 Å². The summed E-state index contributed by atoms with van der Waals surface area (Å²) in [5.41, 5.74) is 1.03. The van der Waals surface area contributed by atoms with Crippen LogP contribution in [0.1, 0.15) is 24.3 Å². The Hall–Kier alpha value is -1.95. The SMILES string of the molecule is CNC(=O)COC(=O)CCCCc1nc2ccccc2s1. The Morgan fingerprint density at radius 1 is 1.29 bits per heavy atom. The van der Waals surface area contributed by atoms with Gasteiger partial charge in [-0.1, -0.05) is 12.1 Å². The van der Waals surface area contributed by atoms with Gasteiger partial charge in [-0.05, 0) is 31.4 Å². The minimum Gasteiger partial charge on any atom is -0.456 e. The zero-order chi connectivity index (χ0) is 15.1. The monoisotopic (exact) mass is 306 g/mol. The van der Waals surface area contributed by atoms with Crippen LogP contribution in [0.5, 0.6) is 0 Å². The number of hydrogen-bond donors (Lipinski definition) is 1. The van der Waals surface area contributed by atoms with Crippen molar-refractivity contribution in [1.82, 2.24) is 10.3 Å². The normalized spacial score (nSPS) is 10.5. The van der Waals surface area contributed by atoms with Crippen molar-refractivity contribution < 1.29 is 14.3 Å². The van der Waals surface area contributed by atoms with E-state index in [4.69, 9.17) is 4.74 Å². The Bertz CT molecular complexity index is 591. The summed E-state index contributed by atoms with van der Waals surface area (Å²) in [6.07, 6.45) is 2.82. The number of ether oxygens (including phenoxy) is 1. The zero-order valence-corrected chi connectivity index (χ0v) is 12.7. The molecule has 112 valence electrons. The smallest absolute Gasteiger partial charge is 0.306 e. The molecule has 0 aliphatic heterocycles. The first-order chi connectivity index (χ1) is 10.2. The summed E-state index contributed by atoms with van der Waals surface area (Å²) in [5.74, 6) is -0.624. The maximum absolute atomic E-state index is 11.4. The molecule has 1 aromatic heterocycles. The van der Waals surface area contributed by atoms with Crippen LogP contribution in [-0.2, 0) is 20.7 Å². The number of aryl methyl sites for hydroxylation is 1. The Morgan fingerprint density at radius 2 is 2.10 bits per heavy atom. The maximum atomic E-state index is 11.4. The van der Waals surface area contributed by atoms with Gasteiger partial charge in [0.05, 0.1) is 15.2 Å². The fourth-order valence-electron chi connectivity index (χ4n) is 1.86. The first-order valence-corrected chi connectivity index (χ1v) is 7.71. The second-order valence-electron chi connectivity index (χ2n) is 4.62. The summed E-state index contributed by atoms with van der Waals surface area (Å²) in [4.78, 5) is 26.9. The Labute approximate surface area is 127 Å². The van der Waals surface area contributed by atoms with E-state index in [1.807, 2.05) is 18.2 Å². The van der Waals surface area contributed by atoms with Crippen molar-refractivity contribution in [2.45, 2.75) is 25.7 Å². The molecule has 21 heavy (non-hydrogen) atoms. The van der Waals surface area contributed by atoms with Gasteiger partial charge < -0.3 is 10.1 Å². The predicted molar refractivity (Wildman–Crippen MR) is 82.2 cm³/mol. The molecule has 5 nitrogen and oxygen atoms in total. The molecule has 0 atom stereocenters. The first kappa shape index (κ1) is 15.4. The molecule has 1 aromatic carbocycles. The van der Waals surface area contributed by atoms with Crippen LogP contribution < -0.4 is 5.32 Å². The van der Waals surface area contributed by atoms with Crippen LogP contribution in [0.25, 0.3) is 10.2 Å². The van der Waals surface area contributed by atoms with E-state index in [-0.39, 0.29) is 18.5 Å². The van der Waals surface area contributed by atoms with E-state index >= 15 is 0 Å². The highest BCUT2D eigenvalue weighted by Crippen LogP contribution is 2.22. The molecule has 6 heteroatoms. The van der Waals surface area contributed by atoms with Crippen LogP contribution in [-0.4, -0.2) is 30.5 Å². The molecule has 1 heterocycles. The maximum Gasteiger partial charge on any atom is 0.306 e. The van der Waals surface area contributed by atoms with Gasteiger partial charge in [-0.25, -0.2) is 4.98 Å². The molecule has 1 N–H and O–H groups in total. The number of amides is 1. The second kappa shape index (κ2) is 7.73. The first-order valence-electron chi connectivity index (χ1n) is 6.89. The van der Waals surface area contributed by atoms with Crippen LogP contribution >= 0.6 is 11.3 Å². The van der Waals surface area contributed by atoms with Crippen molar-refractivity contribution in [2.24, 2.45) is 0 Å². The lowest BCUT2D eigenvalue weighted by molar-refractivity contribution is -0.148. The fraction of sp³-hybridized carbons (Fsp3) is 0.400. The molecule has 0 fully saturated rings. The lowest BCUT2D eigenvalue weighted by Gasteiger charge is -2.03. The van der Waals surface area contributed by atoms with Crippen LogP contribution in [0.3, 0.4) is 0 Å². The molecule has 0 aliphatic carbocycles. The second-order valence-corrected chi connectivity index (χ2v) is 5.73. The van der Waals surface area contributed by atoms with Gasteiger partial charge in [-0.15, -0.1) is 11.3 Å². The van der Waals surface area contributed by atoms with E-state index in [2.05, 4.69) is 16.4 Å². The topological polar surface area (TPSA) is 68.3 Å². The molecule has 0 spiro atoms. The Balaban J connectivity index is 1.67. The number of unbranched alkanes of at least 4 members (excludes halogenated alkanes) is 1. The van der Waals surface area contributed by atoms with Gasteiger partial charge in [-0.2, -0.15) is 0 Å². The number of benzene rings is 1. The predicted octanol–water partition coefficient (Wildman–Crippen LogP) is 2.30. The van der Waals surface area contributed by atoms with Crippen molar-refractivity contribution in [3.05, 3.63) is 29.3 Å². The lowest BCUT2D eigenvalue weighted by Crippen LogP contribution is -2.24. The number of para-hydroxylation sites is 1. The number of fused-ring (bicyclic) bond motifs is 1. The van der Waals surface area contributed by atoms with Gasteiger partial charge in [0.2, 0.25) is 0 Å². The van der Waals surface area contributed by atoms with Crippen molar-refractivity contribution in [2.75, 3.05) is 13.7 Å². The minimum atomic E-state index is -0.331. The van der Waals surface area contributed by atoms with Crippen LogP contribution in [0, 0.1) is 0 Å². The van der Waals surface area contributed by atoms with Gasteiger partial charge in [-0.3, -0.25) is 9.59 Å². The number of carbonyl (C=O) groups is 2. The van der Waals surface area contributed by atoms with Crippen LogP contribution in [0.15, 0.2) is 24.3 Å². The molecule has 0 unspecified atom stereocenters. The number of nitrogens with zero attached hydrogens (tertiary/aromatic N) is 1. The third-order valence-corrected chi connectivity index (χ3v) is 4.10. The number of hydrogen-bond acceptors (Lipinski definition) is 5. The number of aromatic nitrogens is 1. The molecule has 0 saturated heterocycles. The van der Waals surface area contributed by atoms with Crippen LogP contribution in [0.2, 0.25) is 0 Å². The Kier molecular flexibility index (Phi) is 5.68. The van der Waals surface area contributed by atoms with E-state index in [0.29, 0.717) is 6.42 Å². The molecule has 2 rings (SSSR count). The zero-order valence-electron chi connectivity index (χ0n) is 11.9. The molecule has 1 amide bonds. The van der Waals surface area contributed by atoms with E-state index in [0.717, 1.165) is 29.8 Å². The van der Waals surface area contributed by atoms with Crippen molar-refractivity contribution >= 4 is 33.4 Å². The quantitative estimate of drug-likeness (QED) is 0.629. The van der Waals surface area contributed by atoms with Crippen LogP contribution in [0.4, 0.5) is 0 Å². The summed E-state index contributed by atoms with van der Waals surface area (Å²) < 4.78 is 6.02. The summed E-state index contributed by atoms with van der Waals surface area (Å²) in [6, 6.07) is 8.05. The van der Waals surface area contributed by atoms with E-state index in [1.54, 1.807) is 11.3 Å². The van der Waals surface area contributed by atoms with Crippen molar-refractivity contribution in [3.8, 4) is 0 Å². The molecular weight excluding hydrogens is 288 g/mol. The molecule has 0 aliphatic rings. The van der Waals surface area contributed by atoms with Gasteiger partial charge in [0, 0.05) is 13.5 Å². The van der Waals surface area contributed by atoms with Crippen molar-refractivity contribution in [1.29, 1.82) is 0 Å². The molecule has 0 radical (unpaired) electrons. The van der Waals surface area contributed by atoms with Gasteiger partial charge >= 0.3 is 5.97 Å². The molecule has 0 saturated carbocycles. The minimum absolute atomic E-state index is 0.201. The number of rotatable bonds is 7. The molecular formula is C15H18N2O3S. The molecule has 2 aromatic rings. The van der Waals surface area contributed by atoms with E-state index in [1.165, 1.54) is 11.7 Å². The number of carbonyl (C=O) groups excluding carboxylic acids is 2. The standard InChI is InChI=1S/C15H18N2O3S/c1-16-13(18)10-20-15(19)9-5-4-8-14-17-11-6-2-3-7-12(11)21-14/h2-3,6-7H,4-5,8-10H2,1H3,(H,16,18). The highest BCUT2D eigenvalue weighted by Gasteiger charge is 2.07. The summed E-state index contributed by atoms with van der Waals surface area (Å²) in [5, 5.41) is 3.49. The molecule has 0 bridgehead atoms. The summed E-state index contributed by atoms with van der Waals surface area (Å²) in [6.45, 7) is -0.201. The highest BCUT2D eigenvalue weighted by atomic mass is 32.1. The van der Waals surface area contributed by atoms with E-state index in [9.17, 15) is 9.59 Å². The summed E-state index contributed by atoms with van der Waals surface area (Å²) >= 11 is 1.69. The lowest BCUT2D eigenvalue weighted by atomic mass is 10.2. The number of likely N-dealkylation sites (N-methyl/N-ethyl adjacent to an activating group) is 1. The third-order valence-electron chi connectivity index (χ3n) is 3.00. The van der Waals surface area contributed by atoms with E-state index < -0.39 is 0 Å². The van der Waals surface area contributed by atoms with Gasteiger partial charge in [0.1, 0.15) is 0 Å². The Morgan fingerprint density at radius 3 is 2.86 bits per heavy atom. The number of esters is 1. The fourth-order valence-corrected chi connectivity index (χ4v) is 2.87. The number of nitrogens with one attached hydrogen (secondary N) is 1. The highest BCUT2D eigenvalue weighted by molar-refractivity contribution is 7.18.